The third kappa shape index (κ3) is 52.9. The third-order valence-electron chi connectivity index (χ3n) is 7.08. The molecule has 0 aromatic heterocycles. The number of nitrogens with one attached hydrogen (secondary N) is 1. The molecule has 3 N–H and O–H groups in total. The van der Waals surface area contributed by atoms with E-state index in [0.717, 1.165) is 82.8 Å². The van der Waals surface area contributed by atoms with E-state index in [2.05, 4.69) is 30.7 Å². The van der Waals surface area contributed by atoms with Crippen molar-refractivity contribution in [2.75, 3.05) is 52.4 Å². The Kier molecular flexibility index (Phi) is 53.9. The molecule has 296 valence electrons. The summed E-state index contributed by atoms with van der Waals surface area (Å²) in [4.78, 5) is 43.5. The molecular weight excluding hydrogens is 728 g/mol. The minimum atomic E-state index is -0.246. The number of halogens is 2. The lowest BCUT2D eigenvalue weighted by molar-refractivity contribution is -0.141. The van der Waals surface area contributed by atoms with Gasteiger partial charge in [-0.05, 0) is 97.7 Å². The van der Waals surface area contributed by atoms with E-state index in [1.807, 2.05) is 26.0 Å². The van der Waals surface area contributed by atoms with Gasteiger partial charge < -0.3 is 42.4 Å². The number of hydrogen-bond acceptors (Lipinski definition) is 10. The van der Waals surface area contributed by atoms with Crippen molar-refractivity contribution in [1.82, 2.24) is 5.32 Å². The van der Waals surface area contributed by atoms with Gasteiger partial charge >= 0.3 is 23.9 Å². The number of esters is 4. The number of allylic oxidation sites excluding steroid dienone is 2. The van der Waals surface area contributed by atoms with E-state index in [4.69, 9.17) is 15.2 Å². The minimum absolute atomic E-state index is 0. The van der Waals surface area contributed by atoms with Crippen molar-refractivity contribution < 1.29 is 50.5 Å². The Balaban J connectivity index is -0.000000345. The van der Waals surface area contributed by atoms with Crippen LogP contribution in [0.3, 0.4) is 0 Å². The Bertz CT molecular complexity index is 816. The summed E-state index contributed by atoms with van der Waals surface area (Å²) < 4.78 is 18.7. The van der Waals surface area contributed by atoms with Crippen LogP contribution in [0.5, 0.6) is 0 Å². The van der Waals surface area contributed by atoms with Crippen molar-refractivity contribution in [1.29, 1.82) is 0 Å². The third-order valence-corrected chi connectivity index (χ3v) is 7.65. The molecule has 0 aliphatic heterocycles. The first-order chi connectivity index (χ1) is 23.8. The highest BCUT2D eigenvalue weighted by Gasteiger charge is 2.00. The molecule has 0 rings (SSSR count). The first-order valence-corrected chi connectivity index (χ1v) is 19.7. The molecule has 0 aromatic carbocycles. The molecule has 12 heteroatoms. The molecule has 0 amide bonds. The highest BCUT2D eigenvalue weighted by molar-refractivity contribution is 9.09. The lowest BCUT2D eigenvalue weighted by Crippen LogP contribution is -3.00. The monoisotopic (exact) mass is 797 g/mol. The molecule has 0 saturated heterocycles. The zero-order valence-electron chi connectivity index (χ0n) is 31.8. The zero-order valence-corrected chi connectivity index (χ0v) is 34.1. The van der Waals surface area contributed by atoms with Crippen LogP contribution >= 0.6 is 15.9 Å². The molecule has 0 aliphatic carbocycles. The molecule has 0 spiro atoms. The van der Waals surface area contributed by atoms with Gasteiger partial charge in [0.05, 0.1) is 27.4 Å². The van der Waals surface area contributed by atoms with Crippen LogP contribution in [-0.4, -0.2) is 76.3 Å². The molecule has 0 fully saturated rings. The van der Waals surface area contributed by atoms with E-state index in [-0.39, 0.29) is 36.3 Å². The smallest absolute Gasteiger partial charge is 0.330 e. The summed E-state index contributed by atoms with van der Waals surface area (Å²) in [6.07, 6.45) is 27.9. The van der Waals surface area contributed by atoms with Gasteiger partial charge in [0.25, 0.3) is 0 Å². The lowest BCUT2D eigenvalue weighted by Gasteiger charge is -2.04. The summed E-state index contributed by atoms with van der Waals surface area (Å²) in [5.74, 6) is -0.686. The Morgan fingerprint density at radius 1 is 0.580 bits per heavy atom. The maximum atomic E-state index is 11.1. The number of hydrogen-bond donors (Lipinski definition) is 2. The highest BCUT2D eigenvalue weighted by atomic mass is 79.9. The van der Waals surface area contributed by atoms with Crippen molar-refractivity contribution in [3.05, 3.63) is 24.3 Å². The Hall–Kier alpha value is -1.95. The van der Waals surface area contributed by atoms with Gasteiger partial charge in [-0.25, -0.2) is 9.59 Å². The van der Waals surface area contributed by atoms with Gasteiger partial charge in [0.15, 0.2) is 0 Å². The Morgan fingerprint density at radius 2 is 0.960 bits per heavy atom. The summed E-state index contributed by atoms with van der Waals surface area (Å²) in [6.45, 7) is 7.40. The molecule has 0 heterocycles. The molecule has 0 atom stereocenters. The van der Waals surface area contributed by atoms with E-state index in [1.165, 1.54) is 84.2 Å². The number of carbonyl (C=O) groups excluding carboxylic acids is 4. The number of ether oxygens (including phenoxy) is 4. The van der Waals surface area contributed by atoms with Crippen molar-refractivity contribution in [3.63, 3.8) is 0 Å². The van der Waals surface area contributed by atoms with Crippen LogP contribution in [0.25, 0.3) is 0 Å². The van der Waals surface area contributed by atoms with Crippen molar-refractivity contribution in [3.8, 4) is 0 Å². The number of nitrogens with two attached hydrogens (primary N) is 1. The molecule has 50 heavy (non-hydrogen) atoms. The van der Waals surface area contributed by atoms with Crippen LogP contribution in [0.1, 0.15) is 142 Å². The van der Waals surface area contributed by atoms with E-state index in [0.29, 0.717) is 26.1 Å². The average molecular weight is 799 g/mol. The Labute approximate surface area is 319 Å². The van der Waals surface area contributed by atoms with Gasteiger partial charge in [0, 0.05) is 30.3 Å². The molecule has 0 aromatic rings. The summed E-state index contributed by atoms with van der Waals surface area (Å²) >= 11 is 3.37. The summed E-state index contributed by atoms with van der Waals surface area (Å²) in [6, 6.07) is 0. The normalized spacial score (nSPS) is 10.4. The van der Waals surface area contributed by atoms with Crippen molar-refractivity contribution >= 4 is 39.8 Å². The number of carbonyl (C=O) groups is 4. The molecular formula is C38H71BrClN2O8-. The SMILES string of the molecule is CCOC(=O)/C=C/CCCCCBr.CCOC(=O)/C=C/CCCCCNCCCCCCCC(=O)OC.COC(=O)CCCCCCCN.[Cl-]. The average Bonchev–Trinajstić information content (AvgIpc) is 3.10. The van der Waals surface area contributed by atoms with Crippen molar-refractivity contribution in [2.24, 2.45) is 5.73 Å². The minimum Gasteiger partial charge on any atom is -1.00 e. The maximum Gasteiger partial charge on any atom is 0.330 e. The van der Waals surface area contributed by atoms with Gasteiger partial charge in [0.2, 0.25) is 0 Å². The maximum absolute atomic E-state index is 11.1. The van der Waals surface area contributed by atoms with Gasteiger partial charge in [0.1, 0.15) is 0 Å². The molecule has 0 saturated carbocycles. The van der Waals surface area contributed by atoms with Crippen LogP contribution in [0.4, 0.5) is 0 Å². The summed E-state index contributed by atoms with van der Waals surface area (Å²) in [5, 5.41) is 4.53. The van der Waals surface area contributed by atoms with Gasteiger partial charge in [-0.1, -0.05) is 79.4 Å². The van der Waals surface area contributed by atoms with Crippen LogP contribution in [0.15, 0.2) is 24.3 Å². The van der Waals surface area contributed by atoms with E-state index < -0.39 is 0 Å². The predicted octanol–water partition coefficient (Wildman–Crippen LogP) is 5.29. The highest BCUT2D eigenvalue weighted by Crippen LogP contribution is 2.07. The zero-order chi connectivity index (χ0) is 37.1. The van der Waals surface area contributed by atoms with Gasteiger partial charge in [-0.3, -0.25) is 9.59 Å². The predicted molar refractivity (Wildman–Crippen MR) is 204 cm³/mol. The molecule has 10 nitrogen and oxygen atoms in total. The van der Waals surface area contributed by atoms with E-state index >= 15 is 0 Å². The fourth-order valence-electron chi connectivity index (χ4n) is 4.29. The second-order valence-electron chi connectivity index (χ2n) is 11.4. The number of unbranched alkanes of at least 4 members (excludes halogenated alkanes) is 14. The van der Waals surface area contributed by atoms with Crippen LogP contribution in [0.2, 0.25) is 0 Å². The number of alkyl halides is 1. The standard InChI is InChI=1S/C19H35NO4.C10H17BrO2.C9H19NO2.ClH/c1-3-24-19(22)15-11-7-5-9-13-17-20-16-12-8-4-6-10-14-18(21)23-2;1-2-13-10(12)8-6-4-3-5-7-9-11;1-12-9(11)7-5-3-2-4-6-8-10;/h11,15,20H,3-10,12-14,16-17H2,1-2H3;6,8H,2-5,7,9H2,1H3;2-8,10H2,1H3;1H/p-1/b15-11+;8-6+;;. The molecule has 0 aliphatic rings. The lowest BCUT2D eigenvalue weighted by atomic mass is 10.1. The van der Waals surface area contributed by atoms with Gasteiger partial charge in [-0.15, -0.1) is 0 Å². The van der Waals surface area contributed by atoms with E-state index in [9.17, 15) is 19.2 Å². The van der Waals surface area contributed by atoms with Gasteiger partial charge in [-0.2, -0.15) is 0 Å². The number of methoxy groups -OCH3 is 2. The first kappa shape index (κ1) is 54.8. The van der Waals surface area contributed by atoms with Crippen LogP contribution in [0, 0.1) is 0 Å². The van der Waals surface area contributed by atoms with Crippen LogP contribution in [-0.2, 0) is 38.1 Å². The van der Waals surface area contributed by atoms with Crippen LogP contribution < -0.4 is 23.5 Å². The fourth-order valence-corrected chi connectivity index (χ4v) is 4.68. The second kappa shape index (κ2) is 49.2. The fraction of sp³-hybridized carbons (Fsp3) is 0.789. The number of rotatable bonds is 30. The Morgan fingerprint density at radius 3 is 1.36 bits per heavy atom. The first-order valence-electron chi connectivity index (χ1n) is 18.6. The molecule has 0 bridgehead atoms. The van der Waals surface area contributed by atoms with E-state index in [1.54, 1.807) is 0 Å². The summed E-state index contributed by atoms with van der Waals surface area (Å²) in [5.41, 5.74) is 5.34. The quantitative estimate of drug-likeness (QED) is 0.0324. The molecule has 0 unspecified atom stereocenters. The van der Waals surface area contributed by atoms with Crippen molar-refractivity contribution in [2.45, 2.75) is 142 Å². The second-order valence-corrected chi connectivity index (χ2v) is 12.2. The molecule has 0 radical (unpaired) electrons. The topological polar surface area (TPSA) is 143 Å². The summed E-state index contributed by atoms with van der Waals surface area (Å²) in [7, 11) is 2.87. The largest absolute Gasteiger partial charge is 1.00 e.